The molecule has 0 bridgehead atoms. The van der Waals surface area contributed by atoms with E-state index >= 15 is 0 Å². The van der Waals surface area contributed by atoms with Crippen LogP contribution in [-0.4, -0.2) is 61.2 Å². The molecule has 1 N–H and O–H groups in total. The Bertz CT molecular complexity index is 1140. The number of nitrogens with zero attached hydrogens (tertiary/aromatic N) is 2. The lowest BCUT2D eigenvalue weighted by molar-refractivity contribution is -0.145. The molecule has 1 aliphatic heterocycles. The van der Waals surface area contributed by atoms with Gasteiger partial charge < -0.3 is 10.1 Å². The average Bonchev–Trinajstić information content (AvgIpc) is 3.00. The third-order valence-electron chi connectivity index (χ3n) is 6.02. The molecule has 1 amide bonds. The van der Waals surface area contributed by atoms with Gasteiger partial charge >= 0.3 is 5.97 Å². The molecular formula is C27H35N3O5S. The first kappa shape index (κ1) is 27.6. The molecule has 8 nitrogen and oxygen atoms in total. The molecule has 0 saturated carbocycles. The smallest absolute Gasteiger partial charge is 0.328 e. The van der Waals surface area contributed by atoms with E-state index in [4.69, 9.17) is 4.74 Å². The molecule has 0 radical (unpaired) electrons. The molecule has 0 saturated heterocycles. The summed E-state index contributed by atoms with van der Waals surface area (Å²) < 4.78 is 35.1. The Labute approximate surface area is 214 Å². The molecule has 3 rings (SSSR count). The molecule has 1 aliphatic rings. The van der Waals surface area contributed by atoms with Crippen LogP contribution in [0.2, 0.25) is 0 Å². The second-order valence-corrected chi connectivity index (χ2v) is 11.1. The summed E-state index contributed by atoms with van der Waals surface area (Å²) in [6.07, 6.45) is 4.11. The molecular weight excluding hydrogens is 478 g/mol. The molecule has 0 fully saturated rings. The number of nitrogens with one attached hydrogen (secondary N) is 1. The zero-order valence-electron chi connectivity index (χ0n) is 21.0. The van der Waals surface area contributed by atoms with E-state index in [1.807, 2.05) is 74.5 Å². The molecule has 0 unspecified atom stereocenters. The highest BCUT2D eigenvalue weighted by Crippen LogP contribution is 2.23. The van der Waals surface area contributed by atoms with Crippen molar-refractivity contribution in [3.05, 3.63) is 83.9 Å². The average molecular weight is 514 g/mol. The second-order valence-electron chi connectivity index (χ2n) is 9.25. The first-order chi connectivity index (χ1) is 17.2. The van der Waals surface area contributed by atoms with E-state index in [-0.39, 0.29) is 32.0 Å². The quantitative estimate of drug-likeness (QED) is 0.389. The molecule has 0 aromatic heterocycles. The number of rotatable bonds is 10. The zero-order valence-corrected chi connectivity index (χ0v) is 21.9. The summed E-state index contributed by atoms with van der Waals surface area (Å²) >= 11 is 0. The van der Waals surface area contributed by atoms with Crippen LogP contribution >= 0.6 is 0 Å². The lowest BCUT2D eigenvalue weighted by Gasteiger charge is -2.34. The monoisotopic (exact) mass is 513 g/mol. The maximum atomic E-state index is 13.8. The van der Waals surface area contributed by atoms with Crippen molar-refractivity contribution in [1.29, 1.82) is 0 Å². The zero-order chi connectivity index (χ0) is 26.1. The van der Waals surface area contributed by atoms with Crippen LogP contribution in [0.3, 0.4) is 0 Å². The predicted octanol–water partition coefficient (Wildman–Crippen LogP) is 2.92. The van der Waals surface area contributed by atoms with Gasteiger partial charge in [-0.2, -0.15) is 17.0 Å². The molecule has 2 aromatic carbocycles. The summed E-state index contributed by atoms with van der Waals surface area (Å²) in [5.41, 5.74) is 1.71. The molecule has 2 aromatic rings. The highest BCUT2D eigenvalue weighted by atomic mass is 32.2. The van der Waals surface area contributed by atoms with Crippen molar-refractivity contribution < 1.29 is 22.7 Å². The van der Waals surface area contributed by atoms with Gasteiger partial charge in [0.25, 0.3) is 10.2 Å². The molecule has 9 heteroatoms. The number of carbonyl (C=O) groups is 2. The third kappa shape index (κ3) is 7.25. The van der Waals surface area contributed by atoms with Gasteiger partial charge in [-0.3, -0.25) is 4.79 Å². The molecule has 1 heterocycles. The van der Waals surface area contributed by atoms with Crippen molar-refractivity contribution in [3.63, 3.8) is 0 Å². The Morgan fingerprint density at radius 1 is 0.944 bits per heavy atom. The number of hydrogen-bond donors (Lipinski definition) is 1. The third-order valence-corrected chi connectivity index (χ3v) is 7.94. The topological polar surface area (TPSA) is 96.0 Å². The van der Waals surface area contributed by atoms with E-state index < -0.39 is 34.2 Å². The number of hydrogen-bond acceptors (Lipinski definition) is 5. The summed E-state index contributed by atoms with van der Waals surface area (Å²) in [5, 5.41) is 2.78. The maximum absolute atomic E-state index is 13.8. The minimum Gasteiger partial charge on any atom is -0.467 e. The predicted molar refractivity (Wildman–Crippen MR) is 139 cm³/mol. The van der Waals surface area contributed by atoms with Gasteiger partial charge in [-0.15, -0.1) is 0 Å². The van der Waals surface area contributed by atoms with Crippen molar-refractivity contribution in [1.82, 2.24) is 13.9 Å². The first-order valence-electron chi connectivity index (χ1n) is 12.1. The fraction of sp³-hybridized carbons (Fsp3) is 0.407. The van der Waals surface area contributed by atoms with Crippen LogP contribution in [0.4, 0.5) is 0 Å². The maximum Gasteiger partial charge on any atom is 0.328 e. The highest BCUT2D eigenvalue weighted by molar-refractivity contribution is 7.86. The summed E-state index contributed by atoms with van der Waals surface area (Å²) in [4.78, 5) is 26.1. The number of methoxy groups -OCH3 is 1. The SMILES string of the molecule is COC(=O)[C@H](Cc1ccccc1)NC(=O)[C@@H](CC(C)C)N1CC=CCN(Cc2ccccc2)S1(=O)=O. The Morgan fingerprint density at radius 3 is 2.11 bits per heavy atom. The van der Waals surface area contributed by atoms with Crippen LogP contribution in [0.15, 0.2) is 72.8 Å². The summed E-state index contributed by atoms with van der Waals surface area (Å²) in [5.74, 6) is -1.06. The van der Waals surface area contributed by atoms with E-state index in [1.165, 1.54) is 15.7 Å². The Kier molecular flexibility index (Phi) is 9.81. The summed E-state index contributed by atoms with van der Waals surface area (Å²) in [7, 11) is -2.71. The van der Waals surface area contributed by atoms with Gasteiger partial charge in [0.05, 0.1) is 7.11 Å². The molecule has 2 atom stereocenters. The van der Waals surface area contributed by atoms with Crippen LogP contribution in [0, 0.1) is 5.92 Å². The minimum absolute atomic E-state index is 0.0384. The lowest BCUT2D eigenvalue weighted by Crippen LogP contribution is -2.56. The van der Waals surface area contributed by atoms with Crippen molar-refractivity contribution in [2.45, 2.75) is 45.3 Å². The second kappa shape index (κ2) is 12.8. The first-order valence-corrected chi connectivity index (χ1v) is 13.5. The van der Waals surface area contributed by atoms with E-state index in [0.717, 1.165) is 11.1 Å². The molecule has 0 aliphatic carbocycles. The van der Waals surface area contributed by atoms with E-state index in [9.17, 15) is 18.0 Å². The van der Waals surface area contributed by atoms with E-state index in [1.54, 1.807) is 12.2 Å². The van der Waals surface area contributed by atoms with Crippen LogP contribution < -0.4 is 5.32 Å². The Hall–Kier alpha value is -3.01. The number of amides is 1. The number of esters is 1. The highest BCUT2D eigenvalue weighted by Gasteiger charge is 2.40. The van der Waals surface area contributed by atoms with Crippen LogP contribution in [-0.2, 0) is 37.5 Å². The van der Waals surface area contributed by atoms with Crippen molar-refractivity contribution >= 4 is 22.1 Å². The van der Waals surface area contributed by atoms with E-state index in [2.05, 4.69) is 5.32 Å². The Morgan fingerprint density at radius 2 is 1.53 bits per heavy atom. The van der Waals surface area contributed by atoms with Crippen LogP contribution in [0.25, 0.3) is 0 Å². The van der Waals surface area contributed by atoms with Gasteiger partial charge in [-0.25, -0.2) is 4.79 Å². The fourth-order valence-corrected chi connectivity index (χ4v) is 5.84. The van der Waals surface area contributed by atoms with E-state index in [0.29, 0.717) is 6.42 Å². The fourth-order valence-electron chi connectivity index (χ4n) is 4.18. The summed E-state index contributed by atoms with van der Waals surface area (Å²) in [6, 6.07) is 16.7. The standard InChI is InChI=1S/C27H35N3O5S/c1-21(2)18-25(26(31)28-24(27(32)35-3)19-22-12-6-4-7-13-22)30-17-11-10-16-29(36(30,33)34)20-23-14-8-5-9-15-23/h4-15,21,24-25H,16-20H2,1-3H3,(H,28,31)/t24-,25+/m0/s1. The Balaban J connectivity index is 1.87. The van der Waals surface area contributed by atoms with Gasteiger partial charge in [0, 0.05) is 26.1 Å². The lowest BCUT2D eigenvalue weighted by atomic mass is 10.0. The van der Waals surface area contributed by atoms with Gasteiger partial charge in [0.15, 0.2) is 0 Å². The van der Waals surface area contributed by atoms with Gasteiger partial charge in [0.1, 0.15) is 12.1 Å². The summed E-state index contributed by atoms with van der Waals surface area (Å²) in [6.45, 7) is 4.34. The van der Waals surface area contributed by atoms with Crippen molar-refractivity contribution in [3.8, 4) is 0 Å². The van der Waals surface area contributed by atoms with Crippen LogP contribution in [0.5, 0.6) is 0 Å². The van der Waals surface area contributed by atoms with Gasteiger partial charge in [0.2, 0.25) is 5.91 Å². The number of ether oxygens (including phenoxy) is 1. The minimum atomic E-state index is -3.98. The van der Waals surface area contributed by atoms with Crippen LogP contribution in [0.1, 0.15) is 31.4 Å². The van der Waals surface area contributed by atoms with Crippen molar-refractivity contribution in [2.24, 2.45) is 5.92 Å². The molecule has 36 heavy (non-hydrogen) atoms. The largest absolute Gasteiger partial charge is 0.467 e. The van der Waals surface area contributed by atoms with Gasteiger partial charge in [-0.05, 0) is 23.5 Å². The normalized spacial score (nSPS) is 17.8. The number of carbonyl (C=O) groups excluding carboxylic acids is 2. The molecule has 194 valence electrons. The van der Waals surface area contributed by atoms with Gasteiger partial charge in [-0.1, -0.05) is 86.7 Å². The molecule has 0 spiro atoms. The number of benzene rings is 2. The van der Waals surface area contributed by atoms with Crippen molar-refractivity contribution in [2.75, 3.05) is 20.2 Å².